The van der Waals surface area contributed by atoms with Crippen LogP contribution in [0.5, 0.6) is 0 Å². The highest BCUT2D eigenvalue weighted by molar-refractivity contribution is 5.67. The van der Waals surface area contributed by atoms with Crippen LogP contribution in [0.1, 0.15) is 32.6 Å². The topological polar surface area (TPSA) is 152 Å². The lowest BCUT2D eigenvalue weighted by Crippen LogP contribution is -2.46. The maximum absolute atomic E-state index is 12.5. The number of nitrogens with one attached hydrogen (secondary N) is 1. The lowest BCUT2D eigenvalue weighted by Gasteiger charge is -2.28. The first-order valence-corrected chi connectivity index (χ1v) is 10.8. The SMILES string of the molecule is CC(=O)OCC(OC(C)=O)[C@H]1O[C@@H](n2ccc(=O)[nH]c2=O)C(OC(C)=O)C1OCc1ccccc1. The highest BCUT2D eigenvalue weighted by Crippen LogP contribution is 2.36. The minimum absolute atomic E-state index is 0.0662. The van der Waals surface area contributed by atoms with E-state index in [1.165, 1.54) is 27.0 Å². The van der Waals surface area contributed by atoms with E-state index >= 15 is 0 Å². The summed E-state index contributed by atoms with van der Waals surface area (Å²) in [7, 11) is 0. The smallest absolute Gasteiger partial charge is 0.330 e. The summed E-state index contributed by atoms with van der Waals surface area (Å²) < 4.78 is 29.0. The van der Waals surface area contributed by atoms with Gasteiger partial charge in [0.2, 0.25) is 0 Å². The summed E-state index contributed by atoms with van der Waals surface area (Å²) in [6, 6.07) is 10.2. The van der Waals surface area contributed by atoms with Crippen LogP contribution in [0.15, 0.2) is 52.2 Å². The van der Waals surface area contributed by atoms with Crippen LogP contribution in [0.25, 0.3) is 0 Å². The molecule has 1 aliphatic rings. The molecule has 0 radical (unpaired) electrons. The van der Waals surface area contributed by atoms with Crippen LogP contribution >= 0.6 is 0 Å². The minimum atomic E-state index is -1.25. The number of esters is 3. The Hall–Kier alpha value is -3.77. The first kappa shape index (κ1) is 25.8. The van der Waals surface area contributed by atoms with E-state index in [1.807, 2.05) is 30.3 Å². The third kappa shape index (κ3) is 6.87. The van der Waals surface area contributed by atoms with Crippen molar-refractivity contribution in [3.8, 4) is 0 Å². The maximum atomic E-state index is 12.5. The standard InChI is InChI=1S/C23H26N2O10/c1-13(26)31-12-17(33-14(2)27)19-20(32-11-16-7-5-4-6-8-16)21(34-15(3)28)22(35-19)25-10-9-18(29)24-23(25)30/h4-10,17,19-22H,11-12H2,1-3H3,(H,24,29,30)/t17?,19-,20?,21?,22-/m1/s1. The lowest BCUT2D eigenvalue weighted by molar-refractivity contribution is -0.174. The van der Waals surface area contributed by atoms with Crippen molar-refractivity contribution in [3.05, 3.63) is 69.0 Å². The summed E-state index contributed by atoms with van der Waals surface area (Å²) in [5.74, 6) is -1.98. The molecule has 0 amide bonds. The summed E-state index contributed by atoms with van der Waals surface area (Å²) >= 11 is 0. The van der Waals surface area contributed by atoms with Gasteiger partial charge in [0.05, 0.1) is 6.61 Å². The summed E-state index contributed by atoms with van der Waals surface area (Å²) in [5.41, 5.74) is -0.651. The fraction of sp³-hybridized carbons (Fsp3) is 0.435. The van der Waals surface area contributed by atoms with Crippen LogP contribution in [0.2, 0.25) is 0 Å². The van der Waals surface area contributed by atoms with E-state index < -0.39 is 59.8 Å². The van der Waals surface area contributed by atoms with E-state index in [4.69, 9.17) is 23.7 Å². The Morgan fingerprint density at radius 1 is 1.00 bits per heavy atom. The Kier molecular flexibility index (Phi) is 8.55. The van der Waals surface area contributed by atoms with Gasteiger partial charge in [0.25, 0.3) is 5.56 Å². The molecule has 1 aromatic heterocycles. The van der Waals surface area contributed by atoms with Gasteiger partial charge >= 0.3 is 23.6 Å². The van der Waals surface area contributed by atoms with E-state index in [9.17, 15) is 24.0 Å². The zero-order valence-corrected chi connectivity index (χ0v) is 19.4. The first-order valence-electron chi connectivity index (χ1n) is 10.8. The molecule has 12 nitrogen and oxygen atoms in total. The Morgan fingerprint density at radius 2 is 1.71 bits per heavy atom. The molecule has 0 bridgehead atoms. The van der Waals surface area contributed by atoms with Gasteiger partial charge in [-0.15, -0.1) is 0 Å². The summed E-state index contributed by atoms with van der Waals surface area (Å²) in [4.78, 5) is 61.4. The van der Waals surface area contributed by atoms with Crippen LogP contribution in [-0.4, -0.2) is 58.5 Å². The highest BCUT2D eigenvalue weighted by Gasteiger charge is 2.53. The molecular weight excluding hydrogens is 464 g/mol. The predicted octanol–water partition coefficient (Wildman–Crippen LogP) is 0.446. The van der Waals surface area contributed by atoms with E-state index in [1.54, 1.807) is 0 Å². The fourth-order valence-corrected chi connectivity index (χ4v) is 3.70. The lowest BCUT2D eigenvalue weighted by atomic mass is 10.0. The highest BCUT2D eigenvalue weighted by atomic mass is 16.7. The molecule has 0 aliphatic carbocycles. The number of rotatable bonds is 9. The Labute approximate surface area is 199 Å². The number of aromatic nitrogens is 2. The van der Waals surface area contributed by atoms with Gasteiger partial charge in [-0.3, -0.25) is 28.7 Å². The molecule has 0 saturated carbocycles. The zero-order chi connectivity index (χ0) is 25.5. The molecule has 0 spiro atoms. The quantitative estimate of drug-likeness (QED) is 0.387. The first-order chi connectivity index (χ1) is 16.7. The molecule has 1 aromatic carbocycles. The number of aromatic amines is 1. The van der Waals surface area contributed by atoms with Crippen molar-refractivity contribution >= 4 is 17.9 Å². The van der Waals surface area contributed by atoms with Gasteiger partial charge in [0.1, 0.15) is 18.8 Å². The fourth-order valence-electron chi connectivity index (χ4n) is 3.70. The van der Waals surface area contributed by atoms with Gasteiger partial charge in [-0.05, 0) is 5.56 Å². The Balaban J connectivity index is 2.02. The molecular formula is C23H26N2O10. The predicted molar refractivity (Wildman–Crippen MR) is 118 cm³/mol. The number of H-pyrrole nitrogens is 1. The third-order valence-corrected chi connectivity index (χ3v) is 5.07. The molecule has 1 fully saturated rings. The van der Waals surface area contributed by atoms with Gasteiger partial charge in [-0.25, -0.2) is 4.79 Å². The zero-order valence-electron chi connectivity index (χ0n) is 19.4. The van der Waals surface area contributed by atoms with Crippen molar-refractivity contribution in [2.45, 2.75) is 58.0 Å². The van der Waals surface area contributed by atoms with Crippen molar-refractivity contribution < 1.29 is 38.1 Å². The van der Waals surface area contributed by atoms with Crippen LogP contribution < -0.4 is 11.2 Å². The molecule has 1 N–H and O–H groups in total. The molecule has 188 valence electrons. The minimum Gasteiger partial charge on any atom is -0.462 e. The molecule has 2 heterocycles. The van der Waals surface area contributed by atoms with Crippen molar-refractivity contribution in [3.63, 3.8) is 0 Å². The van der Waals surface area contributed by atoms with E-state index in [0.717, 1.165) is 16.2 Å². The molecule has 2 aromatic rings. The molecule has 1 aliphatic heterocycles. The van der Waals surface area contributed by atoms with Crippen molar-refractivity contribution in [2.24, 2.45) is 0 Å². The number of benzene rings is 1. The van der Waals surface area contributed by atoms with Gasteiger partial charge in [0.15, 0.2) is 18.4 Å². The van der Waals surface area contributed by atoms with Crippen LogP contribution in [0, 0.1) is 0 Å². The van der Waals surface area contributed by atoms with Crippen molar-refractivity contribution in [1.82, 2.24) is 9.55 Å². The van der Waals surface area contributed by atoms with Gasteiger partial charge < -0.3 is 23.7 Å². The molecule has 3 unspecified atom stereocenters. The average molecular weight is 490 g/mol. The summed E-state index contributed by atoms with van der Waals surface area (Å²) in [6.07, 6.45) is -4.56. The van der Waals surface area contributed by atoms with E-state index in [2.05, 4.69) is 4.98 Å². The number of nitrogens with zero attached hydrogens (tertiary/aromatic N) is 1. The van der Waals surface area contributed by atoms with Gasteiger partial charge in [-0.2, -0.15) is 0 Å². The summed E-state index contributed by atoms with van der Waals surface area (Å²) in [6.45, 7) is 3.23. The molecule has 1 saturated heterocycles. The van der Waals surface area contributed by atoms with Gasteiger partial charge in [-0.1, -0.05) is 30.3 Å². The van der Waals surface area contributed by atoms with Crippen LogP contribution in [0.4, 0.5) is 0 Å². The van der Waals surface area contributed by atoms with Crippen LogP contribution in [0.3, 0.4) is 0 Å². The number of carbonyl (C=O) groups is 3. The second-order valence-electron chi connectivity index (χ2n) is 7.79. The second-order valence-corrected chi connectivity index (χ2v) is 7.79. The second kappa shape index (κ2) is 11.6. The van der Waals surface area contributed by atoms with Crippen molar-refractivity contribution in [1.29, 1.82) is 0 Å². The van der Waals surface area contributed by atoms with E-state index in [0.29, 0.717) is 0 Å². The maximum Gasteiger partial charge on any atom is 0.330 e. The average Bonchev–Trinajstić information content (AvgIpc) is 3.12. The number of hydrogen-bond acceptors (Lipinski definition) is 10. The largest absolute Gasteiger partial charge is 0.462 e. The Bertz CT molecular complexity index is 1160. The van der Waals surface area contributed by atoms with E-state index in [-0.39, 0.29) is 13.2 Å². The normalized spacial score (nSPS) is 22.3. The third-order valence-electron chi connectivity index (χ3n) is 5.07. The van der Waals surface area contributed by atoms with Crippen molar-refractivity contribution in [2.75, 3.05) is 6.61 Å². The van der Waals surface area contributed by atoms with Crippen LogP contribution in [-0.2, 0) is 44.7 Å². The molecule has 3 rings (SSSR count). The monoisotopic (exact) mass is 490 g/mol. The molecule has 12 heteroatoms. The molecule has 5 atom stereocenters. The number of ether oxygens (including phenoxy) is 5. The van der Waals surface area contributed by atoms with Gasteiger partial charge in [0, 0.05) is 33.0 Å². The number of carbonyl (C=O) groups excluding carboxylic acids is 3. The summed E-state index contributed by atoms with van der Waals surface area (Å²) in [5, 5.41) is 0. The molecule has 35 heavy (non-hydrogen) atoms. The Morgan fingerprint density at radius 3 is 2.31 bits per heavy atom. The number of hydrogen-bond donors (Lipinski definition) is 1.